The van der Waals surface area contributed by atoms with Crippen molar-refractivity contribution in [2.24, 2.45) is 0 Å². The third-order valence-corrected chi connectivity index (χ3v) is 5.56. The maximum atomic E-state index is 9.56. The van der Waals surface area contributed by atoms with Gasteiger partial charge in [-0.2, -0.15) is 0 Å². The van der Waals surface area contributed by atoms with Crippen LogP contribution < -0.4 is 9.47 Å². The number of aliphatic hydroxyl groups is 1. The van der Waals surface area contributed by atoms with E-state index in [-0.39, 0.29) is 6.61 Å². The van der Waals surface area contributed by atoms with E-state index in [1.54, 1.807) is 14.2 Å². The molecule has 0 amide bonds. The second-order valence-electron chi connectivity index (χ2n) is 7.47. The van der Waals surface area contributed by atoms with Gasteiger partial charge in [-0.1, -0.05) is 6.07 Å². The van der Waals surface area contributed by atoms with Crippen LogP contribution in [0, 0.1) is 13.8 Å². The van der Waals surface area contributed by atoms with Gasteiger partial charge in [0.2, 0.25) is 0 Å². The van der Waals surface area contributed by atoms with E-state index >= 15 is 0 Å². The van der Waals surface area contributed by atoms with Crippen molar-refractivity contribution in [2.45, 2.75) is 39.4 Å². The number of hydrogen-bond donors (Lipinski definition) is 1. The van der Waals surface area contributed by atoms with Crippen LogP contribution >= 0.6 is 0 Å². The molecule has 1 aromatic heterocycles. The number of methoxy groups -OCH3 is 2. The number of hydrogen-bond acceptors (Lipinski definition) is 6. The highest BCUT2D eigenvalue weighted by molar-refractivity contribution is 5.49. The van der Waals surface area contributed by atoms with Gasteiger partial charge in [-0.05, 0) is 38.5 Å². The highest BCUT2D eigenvalue weighted by Gasteiger charge is 2.28. The Balaban J connectivity index is 1.69. The topological polar surface area (TPSA) is 58.3 Å². The third kappa shape index (κ3) is 4.69. The fourth-order valence-corrected chi connectivity index (χ4v) is 4.10. The summed E-state index contributed by atoms with van der Waals surface area (Å²) in [5.74, 6) is 3.67. The minimum atomic E-state index is 0.192. The van der Waals surface area contributed by atoms with E-state index in [1.165, 1.54) is 5.56 Å². The molecule has 1 saturated heterocycles. The van der Waals surface area contributed by atoms with E-state index in [0.29, 0.717) is 6.04 Å². The molecule has 0 unspecified atom stereocenters. The number of piperazine rings is 1. The van der Waals surface area contributed by atoms with Crippen molar-refractivity contribution in [3.63, 3.8) is 0 Å². The number of aryl methyl sites for hydroxylation is 1. The van der Waals surface area contributed by atoms with Crippen LogP contribution in [0.4, 0.5) is 0 Å². The number of rotatable bonds is 8. The molecule has 1 aliphatic rings. The summed E-state index contributed by atoms with van der Waals surface area (Å²) >= 11 is 0. The van der Waals surface area contributed by atoms with Crippen molar-refractivity contribution >= 4 is 0 Å². The molecule has 3 rings (SSSR count). The zero-order valence-corrected chi connectivity index (χ0v) is 17.4. The van der Waals surface area contributed by atoms with Gasteiger partial charge in [0.1, 0.15) is 23.0 Å². The average molecular weight is 389 g/mol. The SMILES string of the molecule is COc1ccc(CN2CCN(Cc3ccc(C)o3)[C@@H](CCO)C2)c(OC)c1C. The Kier molecular flexibility index (Phi) is 6.99. The highest BCUT2D eigenvalue weighted by atomic mass is 16.5. The number of furan rings is 1. The Morgan fingerprint density at radius 1 is 1.07 bits per heavy atom. The minimum Gasteiger partial charge on any atom is -0.496 e. The Hall–Kier alpha value is -2.02. The molecule has 1 fully saturated rings. The van der Waals surface area contributed by atoms with E-state index in [1.807, 2.05) is 32.0 Å². The standard InChI is InChI=1S/C22H32N2O4/c1-16-5-7-20(28-16)15-24-11-10-23(14-19(24)9-12-25)13-18-6-8-21(26-3)17(2)22(18)27-4/h5-8,19,25H,9-15H2,1-4H3/t19-/m0/s1. The van der Waals surface area contributed by atoms with Crippen molar-refractivity contribution < 1.29 is 19.0 Å². The monoisotopic (exact) mass is 388 g/mol. The van der Waals surface area contributed by atoms with E-state index in [2.05, 4.69) is 15.9 Å². The summed E-state index contributed by atoms with van der Waals surface area (Å²) < 4.78 is 16.8. The lowest BCUT2D eigenvalue weighted by Crippen LogP contribution is -2.52. The first-order valence-corrected chi connectivity index (χ1v) is 9.88. The first-order chi connectivity index (χ1) is 13.5. The second kappa shape index (κ2) is 9.45. The Bertz CT molecular complexity index is 774. The van der Waals surface area contributed by atoms with E-state index < -0.39 is 0 Å². The minimum absolute atomic E-state index is 0.192. The van der Waals surface area contributed by atoms with Crippen LogP contribution in [-0.4, -0.2) is 61.4 Å². The van der Waals surface area contributed by atoms with Gasteiger partial charge in [0.25, 0.3) is 0 Å². The molecule has 1 N–H and O–H groups in total. The molecule has 28 heavy (non-hydrogen) atoms. The molecule has 154 valence electrons. The van der Waals surface area contributed by atoms with Crippen molar-refractivity contribution in [1.82, 2.24) is 9.80 Å². The van der Waals surface area contributed by atoms with Gasteiger partial charge in [0.15, 0.2) is 0 Å². The summed E-state index contributed by atoms with van der Waals surface area (Å²) in [7, 11) is 3.39. The van der Waals surface area contributed by atoms with Crippen molar-refractivity contribution in [2.75, 3.05) is 40.5 Å². The van der Waals surface area contributed by atoms with Crippen LogP contribution in [0.1, 0.15) is 29.1 Å². The van der Waals surface area contributed by atoms with Gasteiger partial charge in [-0.3, -0.25) is 9.80 Å². The largest absolute Gasteiger partial charge is 0.496 e. The molecule has 0 radical (unpaired) electrons. The molecular formula is C22H32N2O4. The highest BCUT2D eigenvalue weighted by Crippen LogP contribution is 2.32. The summed E-state index contributed by atoms with van der Waals surface area (Å²) in [6, 6.07) is 8.44. The number of nitrogens with zero attached hydrogens (tertiary/aromatic N) is 2. The van der Waals surface area contributed by atoms with E-state index in [4.69, 9.17) is 13.9 Å². The van der Waals surface area contributed by atoms with Crippen molar-refractivity contribution in [3.8, 4) is 11.5 Å². The maximum Gasteiger partial charge on any atom is 0.129 e. The Morgan fingerprint density at radius 3 is 2.54 bits per heavy atom. The summed E-state index contributed by atoms with van der Waals surface area (Å²) in [6.07, 6.45) is 0.759. The molecule has 2 aromatic rings. The van der Waals surface area contributed by atoms with Crippen LogP contribution in [0.15, 0.2) is 28.7 Å². The molecule has 1 aliphatic heterocycles. The molecule has 1 atom stereocenters. The van der Waals surface area contributed by atoms with Crippen LogP contribution in [0.25, 0.3) is 0 Å². The van der Waals surface area contributed by atoms with E-state index in [9.17, 15) is 5.11 Å². The molecule has 0 bridgehead atoms. The number of ether oxygens (including phenoxy) is 2. The first-order valence-electron chi connectivity index (χ1n) is 9.88. The zero-order chi connectivity index (χ0) is 20.1. The summed E-state index contributed by atoms with van der Waals surface area (Å²) in [4.78, 5) is 4.86. The van der Waals surface area contributed by atoms with E-state index in [0.717, 1.165) is 67.7 Å². The van der Waals surface area contributed by atoms with Gasteiger partial charge >= 0.3 is 0 Å². The first kappa shape index (κ1) is 20.7. The molecule has 0 spiro atoms. The lowest BCUT2D eigenvalue weighted by Gasteiger charge is -2.41. The van der Waals surface area contributed by atoms with Crippen LogP contribution in [0.5, 0.6) is 11.5 Å². The predicted molar refractivity (Wildman–Crippen MR) is 109 cm³/mol. The van der Waals surface area contributed by atoms with Crippen molar-refractivity contribution in [3.05, 3.63) is 46.9 Å². The quantitative estimate of drug-likeness (QED) is 0.750. The summed E-state index contributed by atoms with van der Waals surface area (Å²) in [5, 5.41) is 9.56. The van der Waals surface area contributed by atoms with Crippen LogP contribution in [0.3, 0.4) is 0 Å². The lowest BCUT2D eigenvalue weighted by atomic mass is 10.0. The molecule has 0 saturated carbocycles. The van der Waals surface area contributed by atoms with Crippen LogP contribution in [-0.2, 0) is 13.1 Å². The smallest absolute Gasteiger partial charge is 0.129 e. The Morgan fingerprint density at radius 2 is 1.89 bits per heavy atom. The summed E-state index contributed by atoms with van der Waals surface area (Å²) in [6.45, 7) is 8.63. The zero-order valence-electron chi connectivity index (χ0n) is 17.4. The predicted octanol–water partition coefficient (Wildman–Crippen LogP) is 2.98. The van der Waals surface area contributed by atoms with Gasteiger partial charge < -0.3 is 19.0 Å². The molecular weight excluding hydrogens is 356 g/mol. The lowest BCUT2D eigenvalue weighted by molar-refractivity contribution is 0.0451. The average Bonchev–Trinajstić information content (AvgIpc) is 3.09. The molecule has 2 heterocycles. The fourth-order valence-electron chi connectivity index (χ4n) is 4.10. The van der Waals surface area contributed by atoms with Crippen LogP contribution in [0.2, 0.25) is 0 Å². The second-order valence-corrected chi connectivity index (χ2v) is 7.47. The molecule has 6 heteroatoms. The van der Waals surface area contributed by atoms with Gasteiger partial charge in [0.05, 0.1) is 20.8 Å². The maximum absolute atomic E-state index is 9.56. The van der Waals surface area contributed by atoms with Gasteiger partial charge in [-0.15, -0.1) is 0 Å². The summed E-state index contributed by atoms with van der Waals surface area (Å²) in [5.41, 5.74) is 2.19. The fraction of sp³-hybridized carbons (Fsp3) is 0.545. The normalized spacial score (nSPS) is 18.4. The van der Waals surface area contributed by atoms with Crippen molar-refractivity contribution in [1.29, 1.82) is 0 Å². The third-order valence-electron chi connectivity index (χ3n) is 5.56. The molecule has 6 nitrogen and oxygen atoms in total. The number of benzene rings is 1. The Labute approximate surface area is 167 Å². The molecule has 1 aromatic carbocycles. The molecule has 0 aliphatic carbocycles. The number of aliphatic hydroxyl groups excluding tert-OH is 1. The van der Waals surface area contributed by atoms with Gasteiger partial charge in [-0.25, -0.2) is 0 Å². The van der Waals surface area contributed by atoms with Gasteiger partial charge in [0, 0.05) is 50.0 Å².